The maximum Gasteiger partial charge on any atom is 0.261 e. The number of hydrogen-bond donors (Lipinski definition) is 3. The Kier molecular flexibility index (Phi) is 13.9. The Balaban J connectivity index is 0.000000182. The van der Waals surface area contributed by atoms with Gasteiger partial charge >= 0.3 is 0 Å². The monoisotopic (exact) mass is 955 g/mol. The normalized spacial score (nSPS) is 12.8. The van der Waals surface area contributed by atoms with E-state index in [-0.39, 0.29) is 50.1 Å². The standard InChI is InChI=1S/C26H25N3O3S2.C23H20N4O5S/c30-26(24-15-20-11-12-27-18-25(20)33-24)28-17-19-7-9-22(10-8-19)34(31,32)23-6-4-5-21(16-23)29-13-2-1-3-14-29;1-14(28)16-5-8-20(32-2)21(10-16)33(30,31)19-6-3-15(4-7-19)11-25-23(29)18-9-17-13-26-27-22(17)24-12-18/h4-12,15-16,18H,1-3,13-14,17H2,(H,28,30);3-10,12-13H,11H2,1-2H3,(H,25,29)(H,24,26,27). The van der Waals surface area contributed by atoms with E-state index in [4.69, 9.17) is 4.74 Å². The minimum absolute atomic E-state index is 0.0474. The van der Waals surface area contributed by atoms with Gasteiger partial charge in [0.05, 0.1) is 43.1 Å². The van der Waals surface area contributed by atoms with Crippen LogP contribution in [-0.2, 0) is 32.8 Å². The molecule has 8 aromatic rings. The van der Waals surface area contributed by atoms with Crippen LogP contribution in [-0.4, -0.2) is 74.8 Å². The highest BCUT2D eigenvalue weighted by atomic mass is 32.2. The minimum Gasteiger partial charge on any atom is -0.495 e. The smallest absolute Gasteiger partial charge is 0.261 e. The summed E-state index contributed by atoms with van der Waals surface area (Å²) >= 11 is 1.40. The molecular formula is C49H45N7O8S3. The Morgan fingerprint density at radius 1 is 0.701 bits per heavy atom. The van der Waals surface area contributed by atoms with E-state index in [1.807, 2.05) is 24.3 Å². The van der Waals surface area contributed by atoms with Crippen LogP contribution in [0.3, 0.4) is 0 Å². The number of nitrogens with zero attached hydrogens (tertiary/aromatic N) is 4. The number of H-pyrrole nitrogens is 1. The molecule has 0 bridgehead atoms. The molecule has 9 rings (SSSR count). The molecule has 4 aromatic heterocycles. The van der Waals surface area contributed by atoms with Gasteiger partial charge in [0.15, 0.2) is 11.4 Å². The Morgan fingerprint density at radius 2 is 1.39 bits per heavy atom. The Morgan fingerprint density at radius 3 is 2.06 bits per heavy atom. The molecule has 2 amide bonds. The van der Waals surface area contributed by atoms with Gasteiger partial charge in [-0.25, -0.2) is 21.8 Å². The molecule has 4 aromatic carbocycles. The number of hydrogen-bond acceptors (Lipinski definition) is 13. The van der Waals surface area contributed by atoms with Crippen molar-refractivity contribution in [2.24, 2.45) is 0 Å². The largest absolute Gasteiger partial charge is 0.495 e. The number of sulfone groups is 2. The van der Waals surface area contributed by atoms with Crippen LogP contribution in [0.2, 0.25) is 0 Å². The topological polar surface area (TPSA) is 210 Å². The predicted octanol–water partition coefficient (Wildman–Crippen LogP) is 7.98. The van der Waals surface area contributed by atoms with Crippen molar-refractivity contribution in [3.05, 3.63) is 161 Å². The van der Waals surface area contributed by atoms with Gasteiger partial charge < -0.3 is 20.3 Å². The maximum absolute atomic E-state index is 13.2. The number of nitrogens with one attached hydrogen (secondary N) is 3. The first kappa shape index (κ1) is 46.3. The number of carbonyl (C=O) groups is 3. The van der Waals surface area contributed by atoms with Crippen LogP contribution in [0.4, 0.5) is 5.69 Å². The van der Waals surface area contributed by atoms with Crippen LogP contribution in [0.15, 0.2) is 154 Å². The van der Waals surface area contributed by atoms with Gasteiger partial charge in [-0.3, -0.25) is 24.5 Å². The lowest BCUT2D eigenvalue weighted by atomic mass is 10.1. The summed E-state index contributed by atoms with van der Waals surface area (Å²) in [4.78, 5) is 48.3. The Hall–Kier alpha value is -7.28. The van der Waals surface area contributed by atoms with E-state index in [9.17, 15) is 31.2 Å². The highest BCUT2D eigenvalue weighted by Gasteiger charge is 2.24. The van der Waals surface area contributed by atoms with Crippen molar-refractivity contribution in [3.8, 4) is 5.75 Å². The Bertz CT molecular complexity index is 3300. The molecule has 3 N–H and O–H groups in total. The summed E-state index contributed by atoms with van der Waals surface area (Å²) in [6.07, 6.45) is 9.98. The number of Topliss-reactive ketones (excluding diaryl/α,β-unsaturated/α-hetero) is 1. The molecule has 1 fully saturated rings. The molecule has 0 unspecified atom stereocenters. The predicted molar refractivity (Wildman–Crippen MR) is 255 cm³/mol. The fourth-order valence-electron chi connectivity index (χ4n) is 7.45. The zero-order valence-electron chi connectivity index (χ0n) is 36.4. The molecule has 342 valence electrons. The third-order valence-electron chi connectivity index (χ3n) is 11.2. The van der Waals surface area contributed by atoms with E-state index in [1.165, 1.54) is 68.3 Å². The van der Waals surface area contributed by atoms with E-state index in [0.717, 1.165) is 52.7 Å². The molecule has 1 aliphatic heterocycles. The second-order valence-corrected chi connectivity index (χ2v) is 20.6. The number of amides is 2. The van der Waals surface area contributed by atoms with Crippen molar-refractivity contribution < 1.29 is 36.0 Å². The van der Waals surface area contributed by atoms with Gasteiger partial charge in [0, 0.05) is 61.4 Å². The third-order valence-corrected chi connectivity index (χ3v) is 15.8. The number of ether oxygens (including phenoxy) is 1. The highest BCUT2D eigenvalue weighted by Crippen LogP contribution is 2.32. The van der Waals surface area contributed by atoms with Crippen LogP contribution in [0, 0.1) is 0 Å². The number of ketones is 1. The van der Waals surface area contributed by atoms with Crippen LogP contribution >= 0.6 is 11.3 Å². The number of pyridine rings is 2. The highest BCUT2D eigenvalue weighted by molar-refractivity contribution is 7.91. The van der Waals surface area contributed by atoms with Gasteiger partial charge in [-0.05, 0) is 122 Å². The fourth-order valence-corrected chi connectivity index (χ4v) is 11.1. The molecule has 0 saturated carbocycles. The summed E-state index contributed by atoms with van der Waals surface area (Å²) in [6.45, 7) is 3.80. The average Bonchev–Trinajstić information content (AvgIpc) is 4.03. The first-order valence-electron chi connectivity index (χ1n) is 21.2. The van der Waals surface area contributed by atoms with Gasteiger partial charge in [-0.1, -0.05) is 30.3 Å². The van der Waals surface area contributed by atoms with Gasteiger partial charge in [-0.15, -0.1) is 11.3 Å². The molecular weight excluding hydrogens is 911 g/mol. The third kappa shape index (κ3) is 10.6. The number of aromatic amines is 1. The number of piperidine rings is 1. The average molecular weight is 956 g/mol. The number of anilines is 1. The van der Waals surface area contributed by atoms with Crippen molar-refractivity contribution in [2.75, 3.05) is 25.1 Å². The maximum atomic E-state index is 13.2. The first-order chi connectivity index (χ1) is 32.3. The van der Waals surface area contributed by atoms with Crippen LogP contribution in [0.25, 0.3) is 21.1 Å². The molecule has 15 nitrogen and oxygen atoms in total. The van der Waals surface area contributed by atoms with E-state index >= 15 is 0 Å². The van der Waals surface area contributed by atoms with E-state index in [2.05, 4.69) is 35.7 Å². The molecule has 0 atom stereocenters. The molecule has 0 radical (unpaired) electrons. The molecule has 1 saturated heterocycles. The number of aromatic nitrogens is 4. The Labute approximate surface area is 391 Å². The molecule has 0 aliphatic carbocycles. The van der Waals surface area contributed by atoms with Crippen molar-refractivity contribution in [2.45, 2.75) is 58.9 Å². The van der Waals surface area contributed by atoms with Crippen LogP contribution < -0.4 is 20.3 Å². The number of benzene rings is 4. The number of rotatable bonds is 13. The quantitative estimate of drug-likeness (QED) is 0.0940. The molecule has 67 heavy (non-hydrogen) atoms. The lowest BCUT2D eigenvalue weighted by molar-refractivity contribution is 0.0944. The summed E-state index contributed by atoms with van der Waals surface area (Å²) in [5, 5.41) is 14.0. The lowest BCUT2D eigenvalue weighted by Gasteiger charge is -2.29. The summed E-state index contributed by atoms with van der Waals surface area (Å²) < 4.78 is 58.9. The van der Waals surface area contributed by atoms with Crippen LogP contribution in [0.5, 0.6) is 5.75 Å². The van der Waals surface area contributed by atoms with Gasteiger partial charge in [-0.2, -0.15) is 5.10 Å². The summed E-state index contributed by atoms with van der Waals surface area (Å²) in [6, 6.07) is 29.8. The number of methoxy groups -OCH3 is 1. The van der Waals surface area contributed by atoms with Crippen molar-refractivity contribution in [1.29, 1.82) is 0 Å². The molecule has 5 heterocycles. The number of carbonyl (C=O) groups excluding carboxylic acids is 3. The van der Waals surface area contributed by atoms with Gasteiger partial charge in [0.25, 0.3) is 11.8 Å². The summed E-state index contributed by atoms with van der Waals surface area (Å²) in [7, 11) is -6.18. The first-order valence-corrected chi connectivity index (χ1v) is 25.0. The van der Waals surface area contributed by atoms with Crippen molar-refractivity contribution in [1.82, 2.24) is 30.8 Å². The molecule has 0 spiro atoms. The van der Waals surface area contributed by atoms with Gasteiger partial charge in [0.2, 0.25) is 19.7 Å². The SMILES string of the molecule is COc1ccc(C(C)=O)cc1S(=O)(=O)c1ccc(CNC(=O)c2cnc3[nH]ncc3c2)cc1.O=C(NCc1ccc(S(=O)(=O)c2cccc(N3CCCCC3)c2)cc1)c1cc2ccncc2s1. The second kappa shape index (κ2) is 20.1. The van der Waals surface area contributed by atoms with E-state index in [0.29, 0.717) is 33.1 Å². The zero-order valence-corrected chi connectivity index (χ0v) is 38.9. The van der Waals surface area contributed by atoms with Crippen molar-refractivity contribution >= 4 is 75.4 Å². The molecule has 18 heteroatoms. The summed E-state index contributed by atoms with van der Waals surface area (Å²) in [5.74, 6) is -0.567. The van der Waals surface area contributed by atoms with E-state index < -0.39 is 19.7 Å². The van der Waals surface area contributed by atoms with Crippen LogP contribution in [0.1, 0.15) is 67.7 Å². The zero-order chi connectivity index (χ0) is 47.1. The number of fused-ring (bicyclic) bond motifs is 2. The fraction of sp³-hybridized carbons (Fsp3) is 0.184. The van der Waals surface area contributed by atoms with Gasteiger partial charge in [0.1, 0.15) is 10.6 Å². The summed E-state index contributed by atoms with van der Waals surface area (Å²) in [5.41, 5.74) is 3.75. The van der Waals surface area contributed by atoms with Crippen molar-refractivity contribution in [3.63, 3.8) is 0 Å². The lowest BCUT2D eigenvalue weighted by Crippen LogP contribution is -2.29. The van der Waals surface area contributed by atoms with E-state index in [1.54, 1.807) is 73.2 Å². The number of thiophene rings is 1. The second-order valence-electron chi connectivity index (χ2n) is 15.7. The molecule has 1 aliphatic rings. The minimum atomic E-state index is -3.93.